The van der Waals surface area contributed by atoms with E-state index in [1.165, 1.54) is 38.2 Å². The monoisotopic (exact) mass is 474 g/mol. The maximum atomic E-state index is 5.14. The molecule has 0 bridgehead atoms. The van der Waals surface area contributed by atoms with Gasteiger partial charge in [0.2, 0.25) is 0 Å². The topological polar surface area (TPSA) is 43.1 Å². The van der Waals surface area contributed by atoms with E-state index in [1.54, 1.807) is 0 Å². The van der Waals surface area contributed by atoms with E-state index in [4.69, 9.17) is 15.0 Å². The zero-order chi connectivity index (χ0) is 24.5. The number of benzene rings is 5. The maximum absolute atomic E-state index is 5.14. The summed E-state index contributed by atoms with van der Waals surface area (Å²) in [6, 6.07) is 34.3. The molecule has 0 aliphatic heterocycles. The summed E-state index contributed by atoms with van der Waals surface area (Å²) in [5.41, 5.74) is 7.72. The minimum Gasteiger partial charge on any atom is -0.292 e. The zero-order valence-corrected chi connectivity index (χ0v) is 20.3. The summed E-state index contributed by atoms with van der Waals surface area (Å²) in [4.78, 5) is 14.7. The molecule has 8 rings (SSSR count). The van der Waals surface area contributed by atoms with Crippen molar-refractivity contribution < 1.29 is 0 Å². The first-order valence-electron chi connectivity index (χ1n) is 12.6. The molecule has 0 N–H and O–H groups in total. The molecule has 5 aromatic carbocycles. The number of imidazole rings is 1. The molecule has 0 unspecified atom stereocenters. The smallest absolute Gasteiger partial charge is 0.146 e. The van der Waals surface area contributed by atoms with Crippen molar-refractivity contribution in [2.24, 2.45) is 0 Å². The van der Waals surface area contributed by atoms with Gasteiger partial charge in [0.25, 0.3) is 0 Å². The van der Waals surface area contributed by atoms with Crippen molar-refractivity contribution in [3.05, 3.63) is 120 Å². The summed E-state index contributed by atoms with van der Waals surface area (Å²) in [6.45, 7) is 2.16. The average Bonchev–Trinajstić information content (AvgIpc) is 3.33. The lowest BCUT2D eigenvalue weighted by Gasteiger charge is -2.15. The largest absolute Gasteiger partial charge is 0.292 e. The fourth-order valence-electron chi connectivity index (χ4n) is 5.82. The van der Waals surface area contributed by atoms with Crippen LogP contribution in [0.3, 0.4) is 0 Å². The predicted molar refractivity (Wildman–Crippen MR) is 152 cm³/mol. The summed E-state index contributed by atoms with van der Waals surface area (Å²) in [5.74, 6) is 0.823. The number of aromatic nitrogens is 4. The lowest BCUT2D eigenvalue weighted by molar-refractivity contribution is 1.00. The first kappa shape index (κ1) is 20.4. The summed E-state index contributed by atoms with van der Waals surface area (Å²) >= 11 is 0. The molecule has 0 radical (unpaired) electrons. The van der Waals surface area contributed by atoms with Gasteiger partial charge in [-0.25, -0.2) is 15.0 Å². The fourth-order valence-corrected chi connectivity index (χ4v) is 5.82. The molecule has 8 aromatic rings. The molecule has 3 aromatic heterocycles. The van der Waals surface area contributed by atoms with Crippen LogP contribution in [0.15, 0.2) is 103 Å². The molecule has 4 nitrogen and oxygen atoms in total. The van der Waals surface area contributed by atoms with Gasteiger partial charge in [-0.05, 0) is 59.7 Å². The third kappa shape index (κ3) is 2.99. The molecule has 174 valence electrons. The second-order valence-electron chi connectivity index (χ2n) is 9.81. The van der Waals surface area contributed by atoms with Crippen LogP contribution in [0, 0.1) is 6.92 Å². The van der Waals surface area contributed by atoms with Crippen LogP contribution in [-0.2, 0) is 6.42 Å². The second kappa shape index (κ2) is 7.58. The van der Waals surface area contributed by atoms with Gasteiger partial charge in [0.1, 0.15) is 11.5 Å². The van der Waals surface area contributed by atoms with Gasteiger partial charge in [0, 0.05) is 34.2 Å². The Morgan fingerprint density at radius 2 is 1.43 bits per heavy atom. The molecule has 0 aliphatic rings. The number of pyridine rings is 1. The number of aryl methyl sites for hydroxylation is 1. The van der Waals surface area contributed by atoms with Crippen LogP contribution in [0.2, 0.25) is 0 Å². The van der Waals surface area contributed by atoms with Gasteiger partial charge in [0.05, 0.1) is 22.1 Å². The van der Waals surface area contributed by atoms with Crippen LogP contribution in [0.1, 0.15) is 17.0 Å². The summed E-state index contributed by atoms with van der Waals surface area (Å²) in [7, 11) is 0. The van der Waals surface area contributed by atoms with E-state index in [2.05, 4.69) is 90.2 Å². The van der Waals surface area contributed by atoms with Gasteiger partial charge in [0.15, 0.2) is 0 Å². The van der Waals surface area contributed by atoms with Crippen molar-refractivity contribution >= 4 is 60.0 Å². The van der Waals surface area contributed by atoms with E-state index in [0.717, 1.165) is 38.8 Å². The summed E-state index contributed by atoms with van der Waals surface area (Å²) < 4.78 is 2.32. The van der Waals surface area contributed by atoms with Crippen molar-refractivity contribution in [3.63, 3.8) is 0 Å². The van der Waals surface area contributed by atoms with Crippen LogP contribution in [0.4, 0.5) is 0 Å². The van der Waals surface area contributed by atoms with Gasteiger partial charge < -0.3 is 0 Å². The first-order valence-corrected chi connectivity index (χ1v) is 12.6. The van der Waals surface area contributed by atoms with Crippen LogP contribution in [0.25, 0.3) is 60.0 Å². The maximum Gasteiger partial charge on any atom is 0.146 e. The third-order valence-corrected chi connectivity index (χ3v) is 7.48. The van der Waals surface area contributed by atoms with Gasteiger partial charge in [-0.1, -0.05) is 66.2 Å². The molecule has 0 saturated carbocycles. The summed E-state index contributed by atoms with van der Waals surface area (Å²) in [5, 5.41) is 7.18. The van der Waals surface area contributed by atoms with E-state index in [9.17, 15) is 0 Å². The Morgan fingerprint density at radius 3 is 2.35 bits per heavy atom. The Hall–Kier alpha value is -4.83. The quantitative estimate of drug-likeness (QED) is 0.240. The molecule has 0 aliphatic carbocycles. The van der Waals surface area contributed by atoms with Crippen LogP contribution >= 0.6 is 0 Å². The SMILES string of the molecule is Cc1ccc2c(c1)c1c3ccccc3c(Cc3ncc4ccccc4n3)cc1c1nc3ccccc3n21. The van der Waals surface area contributed by atoms with Gasteiger partial charge in [-0.15, -0.1) is 0 Å². The average molecular weight is 475 g/mol. The first-order chi connectivity index (χ1) is 18.2. The lowest BCUT2D eigenvalue weighted by atomic mass is 9.93. The highest BCUT2D eigenvalue weighted by atomic mass is 15.0. The van der Waals surface area contributed by atoms with Gasteiger partial charge in [-0.2, -0.15) is 0 Å². The van der Waals surface area contributed by atoms with Crippen LogP contribution < -0.4 is 0 Å². The minimum absolute atomic E-state index is 0.652. The van der Waals surface area contributed by atoms with E-state index < -0.39 is 0 Å². The van der Waals surface area contributed by atoms with E-state index >= 15 is 0 Å². The zero-order valence-electron chi connectivity index (χ0n) is 20.3. The highest BCUT2D eigenvalue weighted by Crippen LogP contribution is 2.39. The number of rotatable bonds is 2. The fraction of sp³-hybridized carbons (Fsp3) is 0.0606. The Morgan fingerprint density at radius 1 is 0.649 bits per heavy atom. The molecule has 0 saturated heterocycles. The molecular weight excluding hydrogens is 452 g/mol. The molecule has 4 heteroatoms. The highest BCUT2D eigenvalue weighted by molar-refractivity contribution is 6.24. The van der Waals surface area contributed by atoms with E-state index in [0.29, 0.717) is 6.42 Å². The van der Waals surface area contributed by atoms with Crippen molar-refractivity contribution in [2.75, 3.05) is 0 Å². The Balaban J connectivity index is 1.51. The standard InChI is InChI=1S/C33H22N4/c1-20-14-15-29-25(16-20)32-24-10-4-3-9-23(24)22(18-31-34-19-21-8-2-5-11-27(21)35-31)17-26(32)33-36-28-12-6-7-13-30(28)37(29)33/h2-17,19H,18H2,1H3. The second-order valence-corrected chi connectivity index (χ2v) is 9.81. The molecule has 3 heterocycles. The number of hydrogen-bond acceptors (Lipinski definition) is 3. The Bertz CT molecular complexity index is 2190. The molecular formula is C33H22N4. The lowest BCUT2D eigenvalue weighted by Crippen LogP contribution is -1.99. The molecule has 0 fully saturated rings. The summed E-state index contributed by atoms with van der Waals surface area (Å²) in [6.07, 6.45) is 2.58. The van der Waals surface area contributed by atoms with Crippen molar-refractivity contribution in [1.82, 2.24) is 19.4 Å². The van der Waals surface area contributed by atoms with Crippen LogP contribution in [0.5, 0.6) is 0 Å². The van der Waals surface area contributed by atoms with Crippen LogP contribution in [-0.4, -0.2) is 19.4 Å². The third-order valence-electron chi connectivity index (χ3n) is 7.48. The minimum atomic E-state index is 0.652. The molecule has 0 amide bonds. The number of para-hydroxylation sites is 3. The molecule has 37 heavy (non-hydrogen) atoms. The van der Waals surface area contributed by atoms with Crippen molar-refractivity contribution in [3.8, 4) is 0 Å². The molecule has 0 spiro atoms. The van der Waals surface area contributed by atoms with Crippen molar-refractivity contribution in [2.45, 2.75) is 13.3 Å². The van der Waals surface area contributed by atoms with E-state index in [1.807, 2.05) is 24.4 Å². The van der Waals surface area contributed by atoms with Gasteiger partial charge in [-0.3, -0.25) is 4.40 Å². The number of fused-ring (bicyclic) bond motifs is 11. The van der Waals surface area contributed by atoms with Crippen molar-refractivity contribution in [1.29, 1.82) is 0 Å². The van der Waals surface area contributed by atoms with E-state index in [-0.39, 0.29) is 0 Å². The normalized spacial score (nSPS) is 12.0. The molecule has 0 atom stereocenters. The highest BCUT2D eigenvalue weighted by Gasteiger charge is 2.18. The van der Waals surface area contributed by atoms with Gasteiger partial charge >= 0.3 is 0 Å². The number of hydrogen-bond donors (Lipinski definition) is 0. The predicted octanol–water partition coefficient (Wildman–Crippen LogP) is 7.79. The Labute approximate surface area is 212 Å². The number of nitrogens with zero attached hydrogens (tertiary/aromatic N) is 4. The Kier molecular flexibility index (Phi) is 4.17.